The number of rotatable bonds is 3. The molecule has 1 aromatic rings. The summed E-state index contributed by atoms with van der Waals surface area (Å²) in [4.78, 5) is 0. The lowest BCUT2D eigenvalue weighted by molar-refractivity contribution is 0.492. The van der Waals surface area contributed by atoms with Crippen molar-refractivity contribution in [3.05, 3.63) is 57.6 Å². The van der Waals surface area contributed by atoms with Gasteiger partial charge >= 0.3 is 0 Å². The summed E-state index contributed by atoms with van der Waals surface area (Å²) in [5.74, 6) is 0.950. The van der Waals surface area contributed by atoms with E-state index in [4.69, 9.17) is 23.2 Å². The molecular formula is C16H17Cl2. The van der Waals surface area contributed by atoms with Crippen LogP contribution in [0, 0.1) is 12.0 Å². The quantitative estimate of drug-likeness (QED) is 0.655. The lowest BCUT2D eigenvalue weighted by Gasteiger charge is -2.25. The minimum atomic E-state index is 0.457. The molecule has 0 aromatic heterocycles. The van der Waals surface area contributed by atoms with Gasteiger partial charge in [-0.2, -0.15) is 0 Å². The monoisotopic (exact) mass is 279 g/mol. The third-order valence-electron chi connectivity index (χ3n) is 3.49. The largest absolute Gasteiger partial charge is 0.0843 e. The zero-order valence-corrected chi connectivity index (χ0v) is 12.2. The van der Waals surface area contributed by atoms with Crippen molar-refractivity contribution in [3.63, 3.8) is 0 Å². The molecule has 2 atom stereocenters. The summed E-state index contributed by atoms with van der Waals surface area (Å²) in [6.07, 6.45) is 9.90. The normalized spacial score (nSPS) is 20.7. The summed E-state index contributed by atoms with van der Waals surface area (Å²) in [6, 6.07) is 5.84. The van der Waals surface area contributed by atoms with E-state index in [0.717, 1.165) is 12.8 Å². The van der Waals surface area contributed by atoms with Crippen molar-refractivity contribution in [2.45, 2.75) is 32.6 Å². The first-order valence-corrected chi connectivity index (χ1v) is 7.08. The first kappa shape index (κ1) is 13.7. The van der Waals surface area contributed by atoms with Gasteiger partial charge in [0.25, 0.3) is 0 Å². The van der Waals surface area contributed by atoms with Gasteiger partial charge < -0.3 is 0 Å². The molecular weight excluding hydrogens is 263 g/mol. The molecule has 1 radical (unpaired) electrons. The third-order valence-corrected chi connectivity index (χ3v) is 3.93. The number of benzene rings is 1. The zero-order valence-electron chi connectivity index (χ0n) is 10.7. The van der Waals surface area contributed by atoms with Crippen LogP contribution in [0.3, 0.4) is 0 Å². The SMILES string of the molecule is CCC(c1cc(Cl)cc(Cl)c1)C1C=[C]C(C)=CC1. The van der Waals surface area contributed by atoms with Gasteiger partial charge in [0.05, 0.1) is 0 Å². The molecule has 0 saturated carbocycles. The molecule has 1 aliphatic carbocycles. The van der Waals surface area contributed by atoms with Crippen LogP contribution in [0.5, 0.6) is 0 Å². The predicted molar refractivity (Wildman–Crippen MR) is 79.2 cm³/mol. The van der Waals surface area contributed by atoms with Crippen molar-refractivity contribution in [1.82, 2.24) is 0 Å². The molecule has 95 valence electrons. The van der Waals surface area contributed by atoms with E-state index >= 15 is 0 Å². The summed E-state index contributed by atoms with van der Waals surface area (Å²) in [7, 11) is 0. The van der Waals surface area contributed by atoms with Crippen LogP contribution in [0.2, 0.25) is 10.0 Å². The highest BCUT2D eigenvalue weighted by Gasteiger charge is 2.21. The fraction of sp³-hybridized carbons (Fsp3) is 0.375. The second-order valence-corrected chi connectivity index (χ2v) is 5.69. The highest BCUT2D eigenvalue weighted by atomic mass is 35.5. The summed E-state index contributed by atoms with van der Waals surface area (Å²) >= 11 is 12.2. The third kappa shape index (κ3) is 3.18. The zero-order chi connectivity index (χ0) is 13.1. The first-order chi connectivity index (χ1) is 8.60. The summed E-state index contributed by atoms with van der Waals surface area (Å²) in [5.41, 5.74) is 2.45. The van der Waals surface area contributed by atoms with Gasteiger partial charge in [0.2, 0.25) is 0 Å². The van der Waals surface area contributed by atoms with E-state index < -0.39 is 0 Å². The van der Waals surface area contributed by atoms with Crippen molar-refractivity contribution >= 4 is 23.2 Å². The standard InChI is InChI=1S/C16H17Cl2/c1-3-16(12-6-4-11(2)5-7-12)13-8-14(17)10-15(18)9-13/h4,7-10,12,16H,3,6H2,1-2H3. The Morgan fingerprint density at radius 3 is 2.44 bits per heavy atom. The van der Waals surface area contributed by atoms with Gasteiger partial charge in [0, 0.05) is 10.0 Å². The predicted octanol–water partition coefficient (Wildman–Crippen LogP) is 5.81. The molecule has 0 fully saturated rings. The van der Waals surface area contributed by atoms with Gasteiger partial charge in [-0.05, 0) is 67.0 Å². The fourth-order valence-corrected chi connectivity index (χ4v) is 3.08. The van der Waals surface area contributed by atoms with Crippen LogP contribution in [0.1, 0.15) is 38.2 Å². The number of hydrogen-bond acceptors (Lipinski definition) is 0. The second kappa shape index (κ2) is 5.95. The van der Waals surface area contributed by atoms with Gasteiger partial charge in [-0.1, -0.05) is 42.3 Å². The topological polar surface area (TPSA) is 0 Å². The van der Waals surface area contributed by atoms with E-state index in [-0.39, 0.29) is 0 Å². The van der Waals surface area contributed by atoms with Crippen LogP contribution in [0.4, 0.5) is 0 Å². The molecule has 0 aliphatic heterocycles. The number of hydrogen-bond donors (Lipinski definition) is 0. The smallest absolute Gasteiger partial charge is 0.0423 e. The van der Waals surface area contributed by atoms with E-state index in [1.165, 1.54) is 11.1 Å². The molecule has 2 heteroatoms. The fourth-order valence-electron chi connectivity index (χ4n) is 2.53. The minimum Gasteiger partial charge on any atom is -0.0843 e. The van der Waals surface area contributed by atoms with Crippen molar-refractivity contribution in [1.29, 1.82) is 0 Å². The van der Waals surface area contributed by atoms with Gasteiger partial charge in [-0.3, -0.25) is 0 Å². The van der Waals surface area contributed by atoms with Crippen LogP contribution in [0.25, 0.3) is 0 Å². The van der Waals surface area contributed by atoms with Crippen molar-refractivity contribution < 1.29 is 0 Å². The molecule has 1 aliphatic rings. The Morgan fingerprint density at radius 2 is 1.94 bits per heavy atom. The second-order valence-electron chi connectivity index (χ2n) is 4.82. The highest BCUT2D eigenvalue weighted by molar-refractivity contribution is 6.34. The molecule has 0 N–H and O–H groups in total. The highest BCUT2D eigenvalue weighted by Crippen LogP contribution is 2.36. The molecule has 1 aromatic carbocycles. The summed E-state index contributed by atoms with van der Waals surface area (Å²) in [5, 5.41) is 1.43. The van der Waals surface area contributed by atoms with Gasteiger partial charge in [-0.25, -0.2) is 0 Å². The number of halogens is 2. The van der Waals surface area contributed by atoms with E-state index in [1.807, 2.05) is 12.1 Å². The van der Waals surface area contributed by atoms with Gasteiger partial charge in [0.1, 0.15) is 0 Å². The average molecular weight is 280 g/mol. The Bertz CT molecular complexity index is 466. The molecule has 0 heterocycles. The molecule has 0 bridgehead atoms. The van der Waals surface area contributed by atoms with Gasteiger partial charge in [0.15, 0.2) is 0 Å². The minimum absolute atomic E-state index is 0.457. The Kier molecular flexibility index (Phi) is 4.53. The van der Waals surface area contributed by atoms with E-state index in [9.17, 15) is 0 Å². The van der Waals surface area contributed by atoms with E-state index in [1.54, 1.807) is 6.07 Å². The Hall–Kier alpha value is -0.720. The molecule has 2 rings (SSSR count). The van der Waals surface area contributed by atoms with Crippen LogP contribution in [0.15, 0.2) is 35.9 Å². The molecule has 0 nitrogen and oxygen atoms in total. The average Bonchev–Trinajstić information content (AvgIpc) is 2.31. The van der Waals surface area contributed by atoms with Crippen LogP contribution in [-0.2, 0) is 0 Å². The molecule has 0 saturated heterocycles. The molecule has 0 spiro atoms. The lowest BCUT2D eigenvalue weighted by Crippen LogP contribution is -2.12. The summed E-state index contributed by atoms with van der Waals surface area (Å²) < 4.78 is 0. The van der Waals surface area contributed by atoms with Crippen molar-refractivity contribution in [2.75, 3.05) is 0 Å². The van der Waals surface area contributed by atoms with Crippen LogP contribution < -0.4 is 0 Å². The Labute approximate surface area is 119 Å². The van der Waals surface area contributed by atoms with E-state index in [0.29, 0.717) is 21.9 Å². The number of allylic oxidation sites excluding steroid dienone is 4. The molecule has 18 heavy (non-hydrogen) atoms. The summed E-state index contributed by atoms with van der Waals surface area (Å²) in [6.45, 7) is 4.29. The van der Waals surface area contributed by atoms with Gasteiger partial charge in [-0.15, -0.1) is 0 Å². The Balaban J connectivity index is 2.26. The van der Waals surface area contributed by atoms with Crippen molar-refractivity contribution in [3.8, 4) is 0 Å². The maximum Gasteiger partial charge on any atom is 0.0423 e. The molecule has 2 unspecified atom stereocenters. The maximum absolute atomic E-state index is 6.09. The van der Waals surface area contributed by atoms with Crippen LogP contribution >= 0.6 is 23.2 Å². The lowest BCUT2D eigenvalue weighted by atomic mass is 9.80. The molecule has 0 amide bonds. The maximum atomic E-state index is 6.09. The van der Waals surface area contributed by atoms with Crippen molar-refractivity contribution in [2.24, 2.45) is 5.92 Å². The van der Waals surface area contributed by atoms with E-state index in [2.05, 4.69) is 32.1 Å². The van der Waals surface area contributed by atoms with Crippen LogP contribution in [-0.4, -0.2) is 0 Å². The first-order valence-electron chi connectivity index (χ1n) is 6.32. The Morgan fingerprint density at radius 1 is 1.28 bits per heavy atom.